The Kier molecular flexibility index (Phi) is 8.09. The van der Waals surface area contributed by atoms with Crippen LogP contribution in [0.1, 0.15) is 28.2 Å². The number of carbonyl (C=O) groups excluding carboxylic acids is 3. The zero-order valence-electron chi connectivity index (χ0n) is 22.0. The highest BCUT2D eigenvalue weighted by molar-refractivity contribution is 6.20. The number of benzodiazepines with no additional fused rings is 1. The first-order valence-electron chi connectivity index (χ1n) is 12.9. The van der Waals surface area contributed by atoms with Crippen molar-refractivity contribution in [3.05, 3.63) is 131 Å². The average Bonchev–Trinajstić information content (AvgIpc) is 3.09. The Labute approximate surface area is 238 Å². The number of amides is 3. The number of fused-ring (bicyclic) bond motifs is 1. The van der Waals surface area contributed by atoms with Gasteiger partial charge in [-0.2, -0.15) is 0 Å². The van der Waals surface area contributed by atoms with E-state index in [-0.39, 0.29) is 6.42 Å². The third-order valence-electron chi connectivity index (χ3n) is 6.77. The van der Waals surface area contributed by atoms with Gasteiger partial charge in [-0.15, -0.1) is 0 Å². The van der Waals surface area contributed by atoms with Gasteiger partial charge in [-0.25, -0.2) is 18.2 Å². The number of nitrogens with two attached hydrogens (primary N) is 1. The third kappa shape index (κ3) is 6.04. The number of primary amides is 1. The molecule has 0 saturated heterocycles. The standard InChI is InChI=1S/C31H24F3N5O3/c32-21-8-6-19(7-9-21)23(15-18-5-10-24(33)25(34)16-18)30(41)38-29-31(42)39(17-27(35)40)26-4-2-1-3-22(26)28(37-29)20-11-13-36-14-12-20/h1-14,16,23,29H,15,17H2,(H2,35,40)(H,38,41)/t23-,29?/m1/s1. The summed E-state index contributed by atoms with van der Waals surface area (Å²) in [6.45, 7) is -0.475. The van der Waals surface area contributed by atoms with Gasteiger partial charge in [0.2, 0.25) is 18.0 Å². The molecule has 42 heavy (non-hydrogen) atoms. The topological polar surface area (TPSA) is 118 Å². The first kappa shape index (κ1) is 28.2. The van der Waals surface area contributed by atoms with Gasteiger partial charge in [0.05, 0.1) is 17.3 Å². The van der Waals surface area contributed by atoms with Crippen molar-refractivity contribution in [2.45, 2.75) is 18.5 Å². The second-order valence-electron chi connectivity index (χ2n) is 9.59. The van der Waals surface area contributed by atoms with Crippen LogP contribution < -0.4 is 16.0 Å². The summed E-state index contributed by atoms with van der Waals surface area (Å²) < 4.78 is 41.3. The second kappa shape index (κ2) is 12.0. The molecule has 8 nitrogen and oxygen atoms in total. The Morgan fingerprint density at radius 2 is 1.64 bits per heavy atom. The van der Waals surface area contributed by atoms with E-state index >= 15 is 0 Å². The van der Waals surface area contributed by atoms with Crippen molar-refractivity contribution in [3.63, 3.8) is 0 Å². The predicted molar refractivity (Wildman–Crippen MR) is 149 cm³/mol. The van der Waals surface area contributed by atoms with Gasteiger partial charge in [0.25, 0.3) is 5.91 Å². The van der Waals surface area contributed by atoms with Gasteiger partial charge in [0.15, 0.2) is 11.6 Å². The predicted octanol–water partition coefficient (Wildman–Crippen LogP) is 3.64. The summed E-state index contributed by atoms with van der Waals surface area (Å²) in [5.41, 5.74) is 7.99. The zero-order chi connectivity index (χ0) is 29.8. The molecule has 11 heteroatoms. The molecule has 0 bridgehead atoms. The van der Waals surface area contributed by atoms with Crippen molar-refractivity contribution in [1.82, 2.24) is 10.3 Å². The normalized spacial score (nSPS) is 15.3. The number of aromatic nitrogens is 1. The first-order chi connectivity index (χ1) is 20.2. The van der Waals surface area contributed by atoms with Crippen LogP contribution in [0.15, 0.2) is 96.2 Å². The van der Waals surface area contributed by atoms with Crippen molar-refractivity contribution >= 4 is 29.1 Å². The van der Waals surface area contributed by atoms with E-state index in [1.54, 1.807) is 48.8 Å². The molecule has 3 amide bonds. The number of hydrogen-bond acceptors (Lipinski definition) is 5. The largest absolute Gasteiger partial charge is 0.368 e. The van der Waals surface area contributed by atoms with Crippen LogP contribution in [-0.4, -0.2) is 41.1 Å². The van der Waals surface area contributed by atoms with Crippen molar-refractivity contribution in [1.29, 1.82) is 0 Å². The number of nitrogens with zero attached hydrogens (tertiary/aromatic N) is 3. The molecule has 3 aromatic carbocycles. The summed E-state index contributed by atoms with van der Waals surface area (Å²) >= 11 is 0. The summed E-state index contributed by atoms with van der Waals surface area (Å²) in [5.74, 6) is -5.89. The van der Waals surface area contributed by atoms with Crippen LogP contribution in [0.3, 0.4) is 0 Å². The number of hydrogen-bond donors (Lipinski definition) is 2. The number of para-hydroxylation sites is 1. The summed E-state index contributed by atoms with van der Waals surface area (Å²) in [5, 5.41) is 2.66. The minimum Gasteiger partial charge on any atom is -0.368 e. The van der Waals surface area contributed by atoms with Crippen LogP contribution in [0.25, 0.3) is 0 Å². The molecule has 1 unspecified atom stereocenters. The van der Waals surface area contributed by atoms with Gasteiger partial charge in [0, 0.05) is 23.5 Å². The number of carbonyl (C=O) groups is 3. The van der Waals surface area contributed by atoms with Crippen molar-refractivity contribution in [2.24, 2.45) is 10.7 Å². The molecular weight excluding hydrogens is 547 g/mol. The minimum absolute atomic E-state index is 0.0955. The summed E-state index contributed by atoms with van der Waals surface area (Å²) in [6.07, 6.45) is 1.50. The van der Waals surface area contributed by atoms with Crippen LogP contribution >= 0.6 is 0 Å². The van der Waals surface area contributed by atoms with Crippen molar-refractivity contribution in [2.75, 3.05) is 11.4 Å². The van der Waals surface area contributed by atoms with Gasteiger partial charge in [-0.05, 0) is 60.0 Å². The molecule has 0 fully saturated rings. The first-order valence-corrected chi connectivity index (χ1v) is 12.9. The molecule has 0 radical (unpaired) electrons. The Bertz CT molecular complexity index is 1680. The fourth-order valence-electron chi connectivity index (χ4n) is 4.78. The van der Waals surface area contributed by atoms with E-state index in [1.807, 2.05) is 0 Å². The Balaban J connectivity index is 1.57. The lowest BCUT2D eigenvalue weighted by Crippen LogP contribution is -2.50. The highest BCUT2D eigenvalue weighted by Crippen LogP contribution is 2.29. The molecule has 1 aliphatic rings. The number of nitrogens with one attached hydrogen (secondary N) is 1. The number of aliphatic imine (C=N–C) groups is 1. The van der Waals surface area contributed by atoms with E-state index in [0.29, 0.717) is 33.7 Å². The summed E-state index contributed by atoms with van der Waals surface area (Å²) in [7, 11) is 0. The maximum atomic E-state index is 14.0. The van der Waals surface area contributed by atoms with E-state index in [1.165, 1.54) is 30.3 Å². The second-order valence-corrected chi connectivity index (χ2v) is 9.59. The van der Waals surface area contributed by atoms with Crippen LogP contribution in [0.4, 0.5) is 18.9 Å². The van der Waals surface area contributed by atoms with Crippen LogP contribution in [0.5, 0.6) is 0 Å². The minimum atomic E-state index is -1.50. The highest BCUT2D eigenvalue weighted by atomic mass is 19.2. The molecule has 2 atom stereocenters. The zero-order valence-corrected chi connectivity index (χ0v) is 22.0. The monoisotopic (exact) mass is 571 g/mol. The molecule has 3 N–H and O–H groups in total. The highest BCUT2D eigenvalue weighted by Gasteiger charge is 2.35. The van der Waals surface area contributed by atoms with E-state index in [0.717, 1.165) is 17.0 Å². The van der Waals surface area contributed by atoms with Gasteiger partial charge < -0.3 is 11.1 Å². The van der Waals surface area contributed by atoms with Crippen molar-refractivity contribution in [3.8, 4) is 0 Å². The smallest absolute Gasteiger partial charge is 0.272 e. The quantitative estimate of drug-likeness (QED) is 0.336. The molecule has 0 aliphatic carbocycles. The van der Waals surface area contributed by atoms with Crippen LogP contribution in [0.2, 0.25) is 0 Å². The van der Waals surface area contributed by atoms with Gasteiger partial charge in [0.1, 0.15) is 12.4 Å². The fraction of sp³-hybridized carbons (Fsp3) is 0.129. The van der Waals surface area contributed by atoms with Gasteiger partial charge in [-0.1, -0.05) is 36.4 Å². The fourth-order valence-corrected chi connectivity index (χ4v) is 4.78. The lowest BCUT2D eigenvalue weighted by Gasteiger charge is -2.25. The molecule has 0 spiro atoms. The number of anilines is 1. The van der Waals surface area contributed by atoms with E-state index in [9.17, 15) is 27.6 Å². The summed E-state index contributed by atoms with van der Waals surface area (Å²) in [6, 6.07) is 18.6. The van der Waals surface area contributed by atoms with E-state index < -0.39 is 53.8 Å². The SMILES string of the molecule is NC(=O)CN1C(=O)C(NC(=O)[C@H](Cc2ccc(F)c(F)c2)c2ccc(F)cc2)N=C(c2ccncc2)c2ccccc21. The number of rotatable bonds is 8. The molecule has 4 aromatic rings. The Morgan fingerprint density at radius 1 is 0.929 bits per heavy atom. The number of pyridine rings is 1. The van der Waals surface area contributed by atoms with Crippen molar-refractivity contribution < 1.29 is 27.6 Å². The summed E-state index contributed by atoms with van der Waals surface area (Å²) in [4.78, 5) is 49.5. The maximum absolute atomic E-state index is 14.0. The Morgan fingerprint density at radius 3 is 2.33 bits per heavy atom. The van der Waals surface area contributed by atoms with Gasteiger partial charge in [-0.3, -0.25) is 24.3 Å². The third-order valence-corrected chi connectivity index (χ3v) is 6.77. The molecule has 2 heterocycles. The number of benzene rings is 3. The van der Waals surface area contributed by atoms with Crippen LogP contribution in [-0.2, 0) is 20.8 Å². The van der Waals surface area contributed by atoms with Gasteiger partial charge >= 0.3 is 0 Å². The molecule has 1 aliphatic heterocycles. The van der Waals surface area contributed by atoms with E-state index in [2.05, 4.69) is 15.3 Å². The average molecular weight is 572 g/mol. The molecule has 1 aromatic heterocycles. The van der Waals surface area contributed by atoms with Crippen LogP contribution in [0, 0.1) is 17.5 Å². The molecule has 0 saturated carbocycles. The maximum Gasteiger partial charge on any atom is 0.272 e. The molecular formula is C31H24F3N5O3. The van der Waals surface area contributed by atoms with E-state index in [4.69, 9.17) is 5.73 Å². The molecule has 212 valence electrons. The lowest BCUT2D eigenvalue weighted by atomic mass is 9.91. The molecule has 5 rings (SSSR count). The lowest BCUT2D eigenvalue weighted by molar-refractivity contribution is -0.128. The Hall–Kier alpha value is -5.32. The number of halogens is 3.